The van der Waals surface area contributed by atoms with Crippen LogP contribution in [0, 0.1) is 0 Å². The zero-order chi connectivity index (χ0) is 13.3. The minimum absolute atomic E-state index is 0.206. The molecule has 1 atom stereocenters. The fourth-order valence-electron chi connectivity index (χ4n) is 1.39. The molecule has 0 saturated heterocycles. The van der Waals surface area contributed by atoms with E-state index in [4.69, 9.17) is 0 Å². The minimum atomic E-state index is -2.59. The van der Waals surface area contributed by atoms with Gasteiger partial charge in [-0.15, -0.1) is 11.3 Å². The number of fused-ring (bicyclic) bond motifs is 1. The lowest BCUT2D eigenvalue weighted by atomic mass is 10.3. The lowest BCUT2D eigenvalue weighted by Crippen LogP contribution is -2.06. The summed E-state index contributed by atoms with van der Waals surface area (Å²) in [6, 6.07) is 1.84. The molecule has 0 saturated carbocycles. The molecule has 0 radical (unpaired) electrons. The summed E-state index contributed by atoms with van der Waals surface area (Å²) in [6.07, 6.45) is -1.85. The number of thiazole rings is 1. The zero-order valence-corrected chi connectivity index (χ0v) is 12.5. The Morgan fingerprint density at radius 2 is 2.22 bits per heavy atom. The Kier molecular flexibility index (Phi) is 4.39. The summed E-state index contributed by atoms with van der Waals surface area (Å²) in [5, 5.41) is 0. The van der Waals surface area contributed by atoms with Gasteiger partial charge in [0.05, 0.1) is 26.9 Å². The number of halogens is 3. The minimum Gasteiger partial charge on any atom is -0.252 e. The molecule has 0 spiro atoms. The van der Waals surface area contributed by atoms with Crippen molar-refractivity contribution >= 4 is 48.4 Å². The second-order valence-electron chi connectivity index (χ2n) is 3.48. The molecule has 0 amide bonds. The van der Waals surface area contributed by atoms with Crippen LogP contribution < -0.4 is 0 Å². The lowest BCUT2D eigenvalue weighted by Gasteiger charge is -1.98. The first kappa shape index (κ1) is 14.0. The SMILES string of the molecule is CCc1nc2nc(S(=O)CC(F)F)sc2cc1Br. The molecule has 0 aliphatic heterocycles. The van der Waals surface area contributed by atoms with Crippen molar-refractivity contribution in [1.82, 2.24) is 9.97 Å². The number of nitrogens with zero attached hydrogens (tertiary/aromatic N) is 2. The van der Waals surface area contributed by atoms with Gasteiger partial charge < -0.3 is 0 Å². The summed E-state index contributed by atoms with van der Waals surface area (Å²) >= 11 is 4.53. The highest BCUT2D eigenvalue weighted by atomic mass is 79.9. The fraction of sp³-hybridized carbons (Fsp3) is 0.400. The third-order valence-electron chi connectivity index (χ3n) is 2.20. The van der Waals surface area contributed by atoms with Gasteiger partial charge in [0, 0.05) is 4.47 Å². The molecule has 2 heterocycles. The number of alkyl halides is 2. The van der Waals surface area contributed by atoms with Gasteiger partial charge in [0.15, 0.2) is 9.99 Å². The molecule has 1 unspecified atom stereocenters. The molecule has 18 heavy (non-hydrogen) atoms. The van der Waals surface area contributed by atoms with Crippen LogP contribution in [0.15, 0.2) is 14.9 Å². The Labute approximate surface area is 117 Å². The van der Waals surface area contributed by atoms with Gasteiger partial charge in [-0.25, -0.2) is 18.7 Å². The molecule has 0 bridgehead atoms. The van der Waals surface area contributed by atoms with Gasteiger partial charge in [-0.2, -0.15) is 0 Å². The number of aromatic nitrogens is 2. The third-order valence-corrected chi connectivity index (χ3v) is 5.51. The third kappa shape index (κ3) is 2.92. The predicted octanol–water partition coefficient (Wildman–Crippen LogP) is 3.39. The zero-order valence-electron chi connectivity index (χ0n) is 9.32. The number of rotatable bonds is 4. The summed E-state index contributed by atoms with van der Waals surface area (Å²) in [4.78, 5) is 8.37. The van der Waals surface area contributed by atoms with Crippen molar-refractivity contribution < 1.29 is 13.0 Å². The summed E-state index contributed by atoms with van der Waals surface area (Å²) in [5.41, 5.74) is 1.32. The van der Waals surface area contributed by atoms with Crippen molar-refractivity contribution in [2.45, 2.75) is 24.1 Å². The average molecular weight is 355 g/mol. The summed E-state index contributed by atoms with van der Waals surface area (Å²) in [6.45, 7) is 1.96. The summed E-state index contributed by atoms with van der Waals surface area (Å²) in [5.74, 6) is -0.679. The van der Waals surface area contributed by atoms with Gasteiger partial charge in [-0.05, 0) is 28.4 Å². The Hall–Kier alpha value is -0.470. The molecular weight excluding hydrogens is 346 g/mol. The highest BCUT2D eigenvalue weighted by molar-refractivity contribution is 9.10. The van der Waals surface area contributed by atoms with Crippen LogP contribution in [-0.2, 0) is 17.2 Å². The molecular formula is C10H9BrF2N2OS2. The molecule has 2 aromatic heterocycles. The molecule has 0 aliphatic rings. The van der Waals surface area contributed by atoms with Gasteiger partial charge >= 0.3 is 0 Å². The molecule has 0 fully saturated rings. The Morgan fingerprint density at radius 1 is 1.50 bits per heavy atom. The van der Waals surface area contributed by atoms with E-state index in [1.54, 1.807) is 0 Å². The van der Waals surface area contributed by atoms with E-state index in [0.29, 0.717) is 5.65 Å². The van der Waals surface area contributed by atoms with E-state index >= 15 is 0 Å². The van der Waals surface area contributed by atoms with E-state index < -0.39 is 23.0 Å². The lowest BCUT2D eigenvalue weighted by molar-refractivity contribution is 0.175. The number of pyridine rings is 1. The van der Waals surface area contributed by atoms with Crippen LogP contribution in [0.4, 0.5) is 8.78 Å². The predicted molar refractivity (Wildman–Crippen MR) is 71.8 cm³/mol. The standard InChI is InChI=1S/C10H9BrF2N2OS2/c1-2-6-5(11)3-7-9(14-6)15-10(17-7)18(16)4-8(12)13/h3,8H,2,4H2,1H3. The van der Waals surface area contributed by atoms with E-state index in [9.17, 15) is 13.0 Å². The van der Waals surface area contributed by atoms with Crippen molar-refractivity contribution in [3.8, 4) is 0 Å². The van der Waals surface area contributed by atoms with Crippen molar-refractivity contribution in [2.75, 3.05) is 5.75 Å². The molecule has 0 N–H and O–H groups in total. The van der Waals surface area contributed by atoms with Gasteiger partial charge in [-0.3, -0.25) is 4.21 Å². The van der Waals surface area contributed by atoms with E-state index in [1.807, 2.05) is 13.0 Å². The van der Waals surface area contributed by atoms with Gasteiger partial charge in [-0.1, -0.05) is 6.92 Å². The molecule has 8 heteroatoms. The Morgan fingerprint density at radius 3 is 2.83 bits per heavy atom. The highest BCUT2D eigenvalue weighted by Crippen LogP contribution is 2.28. The average Bonchev–Trinajstić information content (AvgIpc) is 2.69. The maximum absolute atomic E-state index is 12.2. The van der Waals surface area contributed by atoms with Crippen LogP contribution >= 0.6 is 27.3 Å². The molecule has 2 aromatic rings. The Bertz CT molecular complexity index is 603. The van der Waals surface area contributed by atoms with Crippen molar-refractivity contribution in [2.24, 2.45) is 0 Å². The second-order valence-corrected chi connectivity index (χ2v) is 7.03. The largest absolute Gasteiger partial charge is 0.252 e. The van der Waals surface area contributed by atoms with Crippen LogP contribution in [0.3, 0.4) is 0 Å². The van der Waals surface area contributed by atoms with Crippen molar-refractivity contribution in [3.05, 3.63) is 16.2 Å². The number of hydrogen-bond acceptors (Lipinski definition) is 4. The molecule has 0 aliphatic carbocycles. The van der Waals surface area contributed by atoms with Crippen LogP contribution in [0.5, 0.6) is 0 Å². The van der Waals surface area contributed by atoms with E-state index in [2.05, 4.69) is 25.9 Å². The van der Waals surface area contributed by atoms with Gasteiger partial charge in [0.1, 0.15) is 0 Å². The van der Waals surface area contributed by atoms with Gasteiger partial charge in [0.25, 0.3) is 6.43 Å². The van der Waals surface area contributed by atoms with Crippen LogP contribution in [0.2, 0.25) is 0 Å². The van der Waals surface area contributed by atoms with E-state index in [0.717, 1.165) is 32.6 Å². The molecule has 98 valence electrons. The first-order valence-electron chi connectivity index (χ1n) is 5.13. The first-order valence-corrected chi connectivity index (χ1v) is 8.06. The smallest absolute Gasteiger partial charge is 0.250 e. The Balaban J connectivity index is 2.41. The normalized spacial score (nSPS) is 13.4. The maximum Gasteiger partial charge on any atom is 0.250 e. The van der Waals surface area contributed by atoms with Crippen LogP contribution in [0.25, 0.3) is 10.3 Å². The highest BCUT2D eigenvalue weighted by Gasteiger charge is 2.17. The van der Waals surface area contributed by atoms with Crippen molar-refractivity contribution in [1.29, 1.82) is 0 Å². The van der Waals surface area contributed by atoms with Crippen molar-refractivity contribution in [3.63, 3.8) is 0 Å². The van der Waals surface area contributed by atoms with E-state index in [1.165, 1.54) is 0 Å². The molecule has 0 aromatic carbocycles. The van der Waals surface area contributed by atoms with Crippen LogP contribution in [0.1, 0.15) is 12.6 Å². The van der Waals surface area contributed by atoms with Crippen LogP contribution in [-0.4, -0.2) is 26.4 Å². The number of aryl methyl sites for hydroxylation is 1. The van der Waals surface area contributed by atoms with E-state index in [-0.39, 0.29) is 4.34 Å². The quantitative estimate of drug-likeness (QED) is 0.844. The fourth-order valence-corrected chi connectivity index (χ4v) is 4.22. The number of hydrogen-bond donors (Lipinski definition) is 0. The van der Waals surface area contributed by atoms with Gasteiger partial charge in [0.2, 0.25) is 0 Å². The second kappa shape index (κ2) is 5.66. The topological polar surface area (TPSA) is 42.9 Å². The monoisotopic (exact) mass is 354 g/mol. The molecule has 2 rings (SSSR count). The summed E-state index contributed by atoms with van der Waals surface area (Å²) in [7, 11) is -1.76. The maximum atomic E-state index is 12.2. The first-order chi connectivity index (χ1) is 8.51. The molecule has 3 nitrogen and oxygen atoms in total. The summed E-state index contributed by atoms with van der Waals surface area (Å²) < 4.78 is 37.8.